The number of rotatable bonds is 5. The molecule has 1 unspecified atom stereocenters. The lowest BCUT2D eigenvalue weighted by Crippen LogP contribution is -2.26. The predicted octanol–water partition coefficient (Wildman–Crippen LogP) is 2.88. The number of carbonyl (C=O) groups excluding carboxylic acids is 2. The molecule has 1 heterocycles. The van der Waals surface area contributed by atoms with Crippen molar-refractivity contribution in [1.29, 1.82) is 0 Å². The molecule has 4 nitrogen and oxygen atoms in total. The van der Waals surface area contributed by atoms with Gasteiger partial charge in [0.15, 0.2) is 6.29 Å². The number of aromatic amines is 1. The Kier molecular flexibility index (Phi) is 4.35. The van der Waals surface area contributed by atoms with E-state index in [1.165, 1.54) is 17.8 Å². The van der Waals surface area contributed by atoms with Crippen LogP contribution in [0.2, 0.25) is 0 Å². The van der Waals surface area contributed by atoms with E-state index in [9.17, 15) is 9.59 Å². The molecule has 0 spiro atoms. The zero-order valence-corrected chi connectivity index (χ0v) is 11.6. The standard InChI is InChI=1S/C16H18N2O2/c1-3-12-4-6-14(7-5-12)11(2)18-16(20)15-8-13(10-19)9-17-15/h4-11,17H,3H2,1-2H3,(H,18,20). The number of hydrogen-bond acceptors (Lipinski definition) is 2. The maximum Gasteiger partial charge on any atom is 0.268 e. The summed E-state index contributed by atoms with van der Waals surface area (Å²) in [6, 6.07) is 9.63. The van der Waals surface area contributed by atoms with E-state index in [1.54, 1.807) is 0 Å². The van der Waals surface area contributed by atoms with E-state index in [2.05, 4.69) is 29.4 Å². The molecule has 104 valence electrons. The molecule has 0 fully saturated rings. The van der Waals surface area contributed by atoms with Gasteiger partial charge in [0.05, 0.1) is 6.04 Å². The summed E-state index contributed by atoms with van der Waals surface area (Å²) in [5.41, 5.74) is 3.18. The van der Waals surface area contributed by atoms with E-state index < -0.39 is 0 Å². The summed E-state index contributed by atoms with van der Waals surface area (Å²) in [5, 5.41) is 2.90. The van der Waals surface area contributed by atoms with Gasteiger partial charge < -0.3 is 10.3 Å². The van der Waals surface area contributed by atoms with Gasteiger partial charge in [0.1, 0.15) is 5.69 Å². The van der Waals surface area contributed by atoms with Gasteiger partial charge in [-0.15, -0.1) is 0 Å². The first-order chi connectivity index (χ1) is 9.63. The van der Waals surface area contributed by atoms with Gasteiger partial charge >= 0.3 is 0 Å². The van der Waals surface area contributed by atoms with E-state index in [4.69, 9.17) is 0 Å². The quantitative estimate of drug-likeness (QED) is 0.821. The molecule has 0 saturated carbocycles. The predicted molar refractivity (Wildman–Crippen MR) is 77.9 cm³/mol. The van der Waals surface area contributed by atoms with E-state index >= 15 is 0 Å². The molecule has 0 aliphatic rings. The van der Waals surface area contributed by atoms with E-state index in [0.717, 1.165) is 12.0 Å². The molecule has 2 aromatic rings. The normalized spacial score (nSPS) is 11.9. The molecule has 1 atom stereocenters. The van der Waals surface area contributed by atoms with Crippen LogP contribution in [-0.4, -0.2) is 17.2 Å². The summed E-state index contributed by atoms with van der Waals surface area (Å²) in [7, 11) is 0. The van der Waals surface area contributed by atoms with Crippen molar-refractivity contribution in [3.8, 4) is 0 Å². The van der Waals surface area contributed by atoms with Crippen molar-refractivity contribution in [3.63, 3.8) is 0 Å². The number of H-pyrrole nitrogens is 1. The van der Waals surface area contributed by atoms with Gasteiger partial charge in [-0.25, -0.2) is 0 Å². The van der Waals surface area contributed by atoms with Gasteiger partial charge in [0.2, 0.25) is 0 Å². The van der Waals surface area contributed by atoms with Crippen LogP contribution in [-0.2, 0) is 6.42 Å². The summed E-state index contributed by atoms with van der Waals surface area (Å²) in [4.78, 5) is 25.4. The first kappa shape index (κ1) is 14.1. The zero-order valence-electron chi connectivity index (χ0n) is 11.6. The first-order valence-electron chi connectivity index (χ1n) is 6.67. The summed E-state index contributed by atoms with van der Waals surface area (Å²) in [6.45, 7) is 4.04. The van der Waals surface area contributed by atoms with Crippen LogP contribution in [0.3, 0.4) is 0 Å². The van der Waals surface area contributed by atoms with E-state index in [-0.39, 0.29) is 11.9 Å². The van der Waals surface area contributed by atoms with Gasteiger partial charge in [0.25, 0.3) is 5.91 Å². The lowest BCUT2D eigenvalue weighted by molar-refractivity contribution is 0.0935. The second-order valence-corrected chi connectivity index (χ2v) is 4.75. The topological polar surface area (TPSA) is 62.0 Å². The Morgan fingerprint density at radius 2 is 2.05 bits per heavy atom. The molecular weight excluding hydrogens is 252 g/mol. The second-order valence-electron chi connectivity index (χ2n) is 4.75. The van der Waals surface area contributed by atoms with Crippen molar-refractivity contribution in [2.45, 2.75) is 26.3 Å². The summed E-state index contributed by atoms with van der Waals surface area (Å²) < 4.78 is 0. The van der Waals surface area contributed by atoms with Crippen LogP contribution < -0.4 is 5.32 Å². The number of amides is 1. The highest BCUT2D eigenvalue weighted by atomic mass is 16.2. The number of aryl methyl sites for hydroxylation is 1. The van der Waals surface area contributed by atoms with Crippen LogP contribution in [0.1, 0.15) is 51.9 Å². The molecule has 1 amide bonds. The van der Waals surface area contributed by atoms with Crippen LogP contribution in [0.15, 0.2) is 36.5 Å². The van der Waals surface area contributed by atoms with Gasteiger partial charge in [-0.05, 0) is 30.5 Å². The second kappa shape index (κ2) is 6.19. The highest BCUT2D eigenvalue weighted by Gasteiger charge is 2.13. The molecular formula is C16H18N2O2. The molecule has 0 radical (unpaired) electrons. The smallest absolute Gasteiger partial charge is 0.268 e. The Hall–Kier alpha value is -2.36. The number of aldehydes is 1. The van der Waals surface area contributed by atoms with Crippen molar-refractivity contribution in [2.75, 3.05) is 0 Å². The highest BCUT2D eigenvalue weighted by molar-refractivity contribution is 5.94. The zero-order chi connectivity index (χ0) is 14.5. The summed E-state index contributed by atoms with van der Waals surface area (Å²) in [5.74, 6) is -0.217. The third kappa shape index (κ3) is 3.15. The molecule has 0 saturated heterocycles. The molecule has 4 heteroatoms. The Bertz CT molecular complexity index is 599. The highest BCUT2D eigenvalue weighted by Crippen LogP contribution is 2.14. The Morgan fingerprint density at radius 1 is 1.35 bits per heavy atom. The molecule has 1 aromatic heterocycles. The van der Waals surface area contributed by atoms with Crippen molar-refractivity contribution in [3.05, 3.63) is 58.9 Å². The number of aromatic nitrogens is 1. The molecule has 20 heavy (non-hydrogen) atoms. The summed E-state index contributed by atoms with van der Waals surface area (Å²) in [6.07, 6.45) is 3.22. The van der Waals surface area contributed by atoms with Gasteiger partial charge in [-0.1, -0.05) is 31.2 Å². The Morgan fingerprint density at radius 3 is 2.60 bits per heavy atom. The number of hydrogen-bond donors (Lipinski definition) is 2. The summed E-state index contributed by atoms with van der Waals surface area (Å²) >= 11 is 0. The van der Waals surface area contributed by atoms with Crippen molar-refractivity contribution >= 4 is 12.2 Å². The Labute approximate surface area is 118 Å². The average Bonchev–Trinajstić information content (AvgIpc) is 2.96. The largest absolute Gasteiger partial charge is 0.357 e. The fourth-order valence-corrected chi connectivity index (χ4v) is 2.01. The molecule has 1 aromatic carbocycles. The minimum absolute atomic E-state index is 0.0867. The fraction of sp³-hybridized carbons (Fsp3) is 0.250. The van der Waals surface area contributed by atoms with Gasteiger partial charge in [-0.2, -0.15) is 0 Å². The number of benzene rings is 1. The molecule has 0 aliphatic carbocycles. The van der Waals surface area contributed by atoms with Crippen LogP contribution in [0, 0.1) is 0 Å². The van der Waals surface area contributed by atoms with Crippen LogP contribution in [0.5, 0.6) is 0 Å². The van der Waals surface area contributed by atoms with Crippen molar-refractivity contribution in [2.24, 2.45) is 0 Å². The average molecular weight is 270 g/mol. The molecule has 2 rings (SSSR count). The number of carbonyl (C=O) groups is 2. The molecule has 0 bridgehead atoms. The minimum Gasteiger partial charge on any atom is -0.357 e. The maximum absolute atomic E-state index is 12.0. The van der Waals surface area contributed by atoms with E-state index in [1.807, 2.05) is 19.1 Å². The van der Waals surface area contributed by atoms with E-state index in [0.29, 0.717) is 17.5 Å². The van der Waals surface area contributed by atoms with Crippen LogP contribution in [0.4, 0.5) is 0 Å². The third-order valence-electron chi connectivity index (χ3n) is 3.32. The molecule has 0 aliphatic heterocycles. The van der Waals surface area contributed by atoms with Crippen molar-refractivity contribution in [1.82, 2.24) is 10.3 Å². The monoisotopic (exact) mass is 270 g/mol. The number of nitrogens with one attached hydrogen (secondary N) is 2. The van der Waals surface area contributed by atoms with Crippen LogP contribution >= 0.6 is 0 Å². The maximum atomic E-state index is 12.0. The fourth-order valence-electron chi connectivity index (χ4n) is 2.01. The first-order valence-corrected chi connectivity index (χ1v) is 6.67. The van der Waals surface area contributed by atoms with Gasteiger partial charge in [-0.3, -0.25) is 9.59 Å². The van der Waals surface area contributed by atoms with Crippen molar-refractivity contribution < 1.29 is 9.59 Å². The lowest BCUT2D eigenvalue weighted by atomic mass is 10.0. The molecule has 2 N–H and O–H groups in total. The lowest BCUT2D eigenvalue weighted by Gasteiger charge is -2.14. The van der Waals surface area contributed by atoms with Gasteiger partial charge in [0, 0.05) is 11.8 Å². The minimum atomic E-state index is -0.217. The van der Waals surface area contributed by atoms with Crippen LogP contribution in [0.25, 0.3) is 0 Å². The SMILES string of the molecule is CCc1ccc(C(C)NC(=O)c2cc(C=O)c[nH]2)cc1. The third-order valence-corrected chi connectivity index (χ3v) is 3.32. The Balaban J connectivity index is 2.04.